The zero-order valence-corrected chi connectivity index (χ0v) is 7.10. The normalized spacial score (nSPS) is 40.6. The Labute approximate surface area is 75.2 Å². The van der Waals surface area contributed by atoms with E-state index in [2.05, 4.69) is 0 Å². The molecule has 4 N–H and O–H groups in total. The van der Waals surface area contributed by atoms with Gasteiger partial charge in [0.25, 0.3) is 0 Å². The molecule has 0 aliphatic carbocycles. The Hall–Kier alpha value is -0.270. The van der Waals surface area contributed by atoms with Gasteiger partial charge in [0.1, 0.15) is 12.2 Å². The molecule has 1 fully saturated rings. The smallest absolute Gasteiger partial charge is 0.186 e. The fourth-order valence-electron chi connectivity index (χ4n) is 1.09. The van der Waals surface area contributed by atoms with Gasteiger partial charge < -0.3 is 25.4 Å². The maximum atomic E-state index is 12.7. The van der Waals surface area contributed by atoms with Gasteiger partial charge in [-0.3, -0.25) is 0 Å². The van der Waals surface area contributed by atoms with Gasteiger partial charge in [-0.25, -0.2) is 4.39 Å². The Balaban J connectivity index is 2.39. The zero-order chi connectivity index (χ0) is 9.84. The van der Waals surface area contributed by atoms with E-state index in [1.54, 1.807) is 0 Å². The molecule has 5 nitrogen and oxygen atoms in total. The first-order valence-electron chi connectivity index (χ1n) is 4.10. The topological polar surface area (TPSA) is 84.9 Å². The molecule has 1 aliphatic heterocycles. The van der Waals surface area contributed by atoms with Gasteiger partial charge in [0.05, 0.1) is 13.2 Å². The molecule has 0 spiro atoms. The minimum absolute atomic E-state index is 0.200. The number of rotatable bonds is 3. The molecule has 13 heavy (non-hydrogen) atoms. The van der Waals surface area contributed by atoms with E-state index in [1.807, 2.05) is 0 Å². The standard InChI is InChI=1S/C7H14FNO4/c8-4-3-13-7(12-2-1-9)6(11)5(4)10/h4-7,10-11H,1-3,9H2. The first-order chi connectivity index (χ1) is 6.16. The van der Waals surface area contributed by atoms with Gasteiger partial charge in [0, 0.05) is 6.54 Å². The number of aliphatic hydroxyl groups excluding tert-OH is 2. The first-order valence-corrected chi connectivity index (χ1v) is 4.10. The number of halogens is 1. The largest absolute Gasteiger partial charge is 0.387 e. The molecule has 4 atom stereocenters. The predicted octanol–water partition coefficient (Wildman–Crippen LogP) is -1.62. The molecule has 0 amide bonds. The first kappa shape index (κ1) is 10.8. The van der Waals surface area contributed by atoms with Crippen molar-refractivity contribution in [1.29, 1.82) is 0 Å². The third-order valence-corrected chi connectivity index (χ3v) is 1.82. The number of hydrogen-bond acceptors (Lipinski definition) is 5. The molecule has 1 heterocycles. The molecule has 6 heteroatoms. The summed E-state index contributed by atoms with van der Waals surface area (Å²) in [6.07, 6.45) is -5.34. The van der Waals surface area contributed by atoms with Crippen LogP contribution in [-0.2, 0) is 9.47 Å². The number of nitrogens with two attached hydrogens (primary N) is 1. The summed E-state index contributed by atoms with van der Waals surface area (Å²) in [5.74, 6) is 0. The van der Waals surface area contributed by atoms with E-state index in [0.717, 1.165) is 0 Å². The highest BCUT2D eigenvalue weighted by Gasteiger charge is 2.39. The van der Waals surface area contributed by atoms with Crippen LogP contribution >= 0.6 is 0 Å². The monoisotopic (exact) mass is 195 g/mol. The van der Waals surface area contributed by atoms with Crippen LogP contribution in [0.3, 0.4) is 0 Å². The molecule has 0 aromatic rings. The van der Waals surface area contributed by atoms with Crippen molar-refractivity contribution >= 4 is 0 Å². The molecule has 1 rings (SSSR count). The Bertz CT molecular complexity index is 157. The maximum Gasteiger partial charge on any atom is 0.186 e. The van der Waals surface area contributed by atoms with Gasteiger partial charge in [-0.15, -0.1) is 0 Å². The van der Waals surface area contributed by atoms with Crippen molar-refractivity contribution in [3.63, 3.8) is 0 Å². The van der Waals surface area contributed by atoms with E-state index >= 15 is 0 Å². The molecule has 0 aromatic carbocycles. The number of ether oxygens (including phenoxy) is 2. The summed E-state index contributed by atoms with van der Waals surface area (Å²) >= 11 is 0. The van der Waals surface area contributed by atoms with Crippen molar-refractivity contribution in [3.8, 4) is 0 Å². The predicted molar refractivity (Wildman–Crippen MR) is 41.7 cm³/mol. The molecule has 4 unspecified atom stereocenters. The van der Waals surface area contributed by atoms with Gasteiger partial charge in [-0.1, -0.05) is 0 Å². The Kier molecular flexibility index (Phi) is 4.01. The van der Waals surface area contributed by atoms with E-state index in [0.29, 0.717) is 0 Å². The lowest BCUT2D eigenvalue weighted by Crippen LogP contribution is -2.52. The summed E-state index contributed by atoms with van der Waals surface area (Å²) < 4.78 is 22.5. The third kappa shape index (κ3) is 2.58. The van der Waals surface area contributed by atoms with Crippen LogP contribution in [0.1, 0.15) is 0 Å². The van der Waals surface area contributed by atoms with Crippen molar-refractivity contribution < 1.29 is 24.1 Å². The molecule has 0 aromatic heterocycles. The summed E-state index contributed by atoms with van der Waals surface area (Å²) in [6, 6.07) is 0. The molecule has 0 radical (unpaired) electrons. The van der Waals surface area contributed by atoms with Gasteiger partial charge >= 0.3 is 0 Å². The van der Waals surface area contributed by atoms with E-state index in [9.17, 15) is 9.50 Å². The van der Waals surface area contributed by atoms with Gasteiger partial charge in [0.15, 0.2) is 12.5 Å². The lowest BCUT2D eigenvalue weighted by Gasteiger charge is -2.33. The molecule has 0 saturated carbocycles. The fourth-order valence-corrected chi connectivity index (χ4v) is 1.09. The summed E-state index contributed by atoms with van der Waals surface area (Å²) in [4.78, 5) is 0. The van der Waals surface area contributed by atoms with Crippen LogP contribution in [0, 0.1) is 0 Å². The van der Waals surface area contributed by atoms with Gasteiger partial charge in [-0.2, -0.15) is 0 Å². The van der Waals surface area contributed by atoms with Crippen molar-refractivity contribution in [2.75, 3.05) is 19.8 Å². The van der Waals surface area contributed by atoms with Crippen molar-refractivity contribution in [2.45, 2.75) is 24.7 Å². The number of alkyl halides is 1. The highest BCUT2D eigenvalue weighted by molar-refractivity contribution is 4.82. The van der Waals surface area contributed by atoms with Crippen LogP contribution in [-0.4, -0.2) is 54.6 Å². The summed E-state index contributed by atoms with van der Waals surface area (Å²) in [7, 11) is 0. The van der Waals surface area contributed by atoms with Crippen molar-refractivity contribution in [3.05, 3.63) is 0 Å². The van der Waals surface area contributed by atoms with Gasteiger partial charge in [0.2, 0.25) is 0 Å². The summed E-state index contributed by atoms with van der Waals surface area (Å²) in [5.41, 5.74) is 5.15. The molecule has 1 saturated heterocycles. The van der Waals surface area contributed by atoms with Crippen molar-refractivity contribution in [1.82, 2.24) is 0 Å². The minimum Gasteiger partial charge on any atom is -0.387 e. The number of aliphatic hydroxyl groups is 2. The average molecular weight is 195 g/mol. The van der Waals surface area contributed by atoms with Crippen LogP contribution in [0.4, 0.5) is 4.39 Å². The molecule has 78 valence electrons. The second-order valence-corrected chi connectivity index (χ2v) is 2.86. The highest BCUT2D eigenvalue weighted by atomic mass is 19.1. The highest BCUT2D eigenvalue weighted by Crippen LogP contribution is 2.18. The third-order valence-electron chi connectivity index (χ3n) is 1.82. The average Bonchev–Trinajstić information content (AvgIpc) is 2.13. The Morgan fingerprint density at radius 3 is 2.77 bits per heavy atom. The second-order valence-electron chi connectivity index (χ2n) is 2.86. The van der Waals surface area contributed by atoms with E-state index in [-0.39, 0.29) is 19.8 Å². The number of hydrogen-bond donors (Lipinski definition) is 3. The van der Waals surface area contributed by atoms with E-state index in [4.69, 9.17) is 20.3 Å². The van der Waals surface area contributed by atoms with Crippen LogP contribution < -0.4 is 5.73 Å². The Morgan fingerprint density at radius 2 is 2.15 bits per heavy atom. The molecular weight excluding hydrogens is 181 g/mol. The van der Waals surface area contributed by atoms with Crippen LogP contribution in [0.15, 0.2) is 0 Å². The molecule has 0 bridgehead atoms. The van der Waals surface area contributed by atoms with Gasteiger partial charge in [-0.05, 0) is 0 Å². The lowest BCUT2D eigenvalue weighted by molar-refractivity contribution is -0.259. The molecular formula is C7H14FNO4. The maximum absolute atomic E-state index is 12.7. The van der Waals surface area contributed by atoms with Crippen LogP contribution in [0.2, 0.25) is 0 Å². The fraction of sp³-hybridized carbons (Fsp3) is 1.00. The SMILES string of the molecule is NCCOC1OCC(F)C(O)C1O. The van der Waals surface area contributed by atoms with E-state index < -0.39 is 24.7 Å². The molecule has 1 aliphatic rings. The van der Waals surface area contributed by atoms with Crippen LogP contribution in [0.5, 0.6) is 0 Å². The minimum atomic E-state index is -1.56. The van der Waals surface area contributed by atoms with E-state index in [1.165, 1.54) is 0 Å². The Morgan fingerprint density at radius 1 is 1.46 bits per heavy atom. The quantitative estimate of drug-likeness (QED) is 0.504. The van der Waals surface area contributed by atoms with Crippen molar-refractivity contribution in [2.24, 2.45) is 5.73 Å². The van der Waals surface area contributed by atoms with Crippen LogP contribution in [0.25, 0.3) is 0 Å². The summed E-state index contributed by atoms with van der Waals surface area (Å²) in [6.45, 7) is 0.209. The second kappa shape index (κ2) is 4.83. The lowest BCUT2D eigenvalue weighted by atomic mass is 10.1. The summed E-state index contributed by atoms with van der Waals surface area (Å²) in [5, 5.41) is 18.4. The zero-order valence-electron chi connectivity index (χ0n) is 7.10.